The summed E-state index contributed by atoms with van der Waals surface area (Å²) >= 11 is 7.01. The molecule has 5 nitrogen and oxygen atoms in total. The lowest BCUT2D eigenvalue weighted by molar-refractivity contribution is 0.618. The Hall–Kier alpha value is -2.22. The highest BCUT2D eigenvalue weighted by molar-refractivity contribution is 9.11. The third-order valence-corrected chi connectivity index (χ3v) is 5.99. The van der Waals surface area contributed by atoms with Gasteiger partial charge in [0.15, 0.2) is 0 Å². The van der Waals surface area contributed by atoms with Crippen molar-refractivity contribution >= 4 is 48.6 Å². The summed E-state index contributed by atoms with van der Waals surface area (Å²) in [5.74, 6) is 0.856. The molecule has 1 atom stereocenters. The largest absolute Gasteiger partial charge is 0.397 e. The summed E-state index contributed by atoms with van der Waals surface area (Å²) in [7, 11) is 0. The van der Waals surface area contributed by atoms with Crippen LogP contribution < -0.4 is 11.5 Å². The molecule has 2 aromatic carbocycles. The molecule has 0 spiro atoms. The molecule has 4 N–H and O–H groups in total. The molecule has 2 heterocycles. The van der Waals surface area contributed by atoms with Gasteiger partial charge >= 0.3 is 0 Å². The van der Waals surface area contributed by atoms with Gasteiger partial charge in [0.2, 0.25) is 0 Å². The molecular formula is C21H19Br2N5. The number of halogens is 2. The van der Waals surface area contributed by atoms with E-state index in [1.165, 1.54) is 0 Å². The van der Waals surface area contributed by atoms with Gasteiger partial charge in [-0.2, -0.15) is 0 Å². The van der Waals surface area contributed by atoms with E-state index in [1.807, 2.05) is 42.6 Å². The van der Waals surface area contributed by atoms with Crippen LogP contribution in [0.3, 0.4) is 0 Å². The van der Waals surface area contributed by atoms with Gasteiger partial charge in [-0.1, -0.05) is 18.2 Å². The highest BCUT2D eigenvalue weighted by Gasteiger charge is 2.18. The van der Waals surface area contributed by atoms with Crippen LogP contribution in [-0.4, -0.2) is 14.5 Å². The highest BCUT2D eigenvalue weighted by Crippen LogP contribution is 2.31. The van der Waals surface area contributed by atoms with E-state index in [0.29, 0.717) is 18.7 Å². The highest BCUT2D eigenvalue weighted by atomic mass is 79.9. The van der Waals surface area contributed by atoms with E-state index < -0.39 is 0 Å². The molecule has 0 fully saturated rings. The second-order valence-electron chi connectivity index (χ2n) is 6.69. The molecule has 28 heavy (non-hydrogen) atoms. The molecule has 142 valence electrons. The fourth-order valence-corrected chi connectivity index (χ4v) is 4.60. The van der Waals surface area contributed by atoms with Crippen LogP contribution in [0.25, 0.3) is 11.0 Å². The van der Waals surface area contributed by atoms with Gasteiger partial charge in [-0.25, -0.2) is 4.98 Å². The summed E-state index contributed by atoms with van der Waals surface area (Å²) in [6.45, 7) is 0.673. The monoisotopic (exact) mass is 499 g/mol. The molecule has 0 unspecified atom stereocenters. The van der Waals surface area contributed by atoms with Gasteiger partial charge in [-0.05, 0) is 79.7 Å². The predicted molar refractivity (Wildman–Crippen MR) is 120 cm³/mol. The Morgan fingerprint density at radius 3 is 2.46 bits per heavy atom. The number of nitrogen functional groups attached to an aromatic ring is 1. The molecule has 2 aromatic heterocycles. The summed E-state index contributed by atoms with van der Waals surface area (Å²) in [4.78, 5) is 9.06. The summed E-state index contributed by atoms with van der Waals surface area (Å²) < 4.78 is 3.89. The topological polar surface area (TPSA) is 82.8 Å². The summed E-state index contributed by atoms with van der Waals surface area (Å²) in [5.41, 5.74) is 17.5. The van der Waals surface area contributed by atoms with Crippen molar-refractivity contribution in [2.45, 2.75) is 19.0 Å². The van der Waals surface area contributed by atoms with Crippen molar-refractivity contribution < 1.29 is 0 Å². The van der Waals surface area contributed by atoms with Gasteiger partial charge in [0.05, 0.1) is 29.3 Å². The minimum atomic E-state index is -0.258. The SMILES string of the molecule is Nc1c(Br)cc(C[C@@H](N)c2nc3ccccc3n2Cc2cccnc2)cc1Br. The number of benzene rings is 2. The molecule has 4 rings (SSSR count). The van der Waals surface area contributed by atoms with Crippen molar-refractivity contribution in [3.8, 4) is 0 Å². The normalized spacial score (nSPS) is 12.4. The first kappa shape index (κ1) is 19.1. The zero-order valence-corrected chi connectivity index (χ0v) is 18.2. The number of imidazole rings is 1. The second-order valence-corrected chi connectivity index (χ2v) is 8.40. The first-order valence-electron chi connectivity index (χ1n) is 8.86. The molecule has 4 aromatic rings. The van der Waals surface area contributed by atoms with Crippen molar-refractivity contribution in [3.63, 3.8) is 0 Å². The fraction of sp³-hybridized carbons (Fsp3) is 0.143. The number of para-hydroxylation sites is 2. The predicted octanol–water partition coefficient (Wildman–Crippen LogP) is 4.83. The Labute approximate surface area is 180 Å². The Morgan fingerprint density at radius 2 is 1.75 bits per heavy atom. The molecule has 0 aliphatic rings. The zero-order chi connectivity index (χ0) is 19.7. The van der Waals surface area contributed by atoms with Crippen molar-refractivity contribution in [2.24, 2.45) is 5.73 Å². The molecule has 0 aliphatic carbocycles. The molecule has 0 aliphatic heterocycles. The average Bonchev–Trinajstić information content (AvgIpc) is 3.05. The van der Waals surface area contributed by atoms with Gasteiger partial charge in [-0.3, -0.25) is 4.98 Å². The van der Waals surface area contributed by atoms with Crippen LogP contribution in [-0.2, 0) is 13.0 Å². The van der Waals surface area contributed by atoms with Crippen LogP contribution in [0.5, 0.6) is 0 Å². The lowest BCUT2D eigenvalue weighted by atomic mass is 10.1. The number of nitrogens with two attached hydrogens (primary N) is 2. The van der Waals surface area contributed by atoms with Gasteiger partial charge in [0.1, 0.15) is 5.82 Å². The molecule has 0 saturated carbocycles. The Bertz CT molecular complexity index is 1100. The number of hydrogen-bond donors (Lipinski definition) is 2. The van der Waals surface area contributed by atoms with Crippen LogP contribution in [0.15, 0.2) is 69.9 Å². The smallest absolute Gasteiger partial charge is 0.127 e. The first-order valence-corrected chi connectivity index (χ1v) is 10.4. The minimum Gasteiger partial charge on any atom is -0.397 e. The van der Waals surface area contributed by atoms with E-state index in [0.717, 1.165) is 36.9 Å². The van der Waals surface area contributed by atoms with Crippen LogP contribution in [0.2, 0.25) is 0 Å². The third kappa shape index (κ3) is 3.83. The Morgan fingerprint density at radius 1 is 1.00 bits per heavy atom. The van der Waals surface area contributed by atoms with Crippen molar-refractivity contribution in [1.82, 2.24) is 14.5 Å². The molecule has 0 radical (unpaired) electrons. The molecule has 0 amide bonds. The maximum atomic E-state index is 6.62. The van der Waals surface area contributed by atoms with Crippen LogP contribution in [0.1, 0.15) is 23.0 Å². The Kier molecular flexibility index (Phi) is 5.48. The number of rotatable bonds is 5. The molecule has 0 bridgehead atoms. The Balaban J connectivity index is 1.72. The van der Waals surface area contributed by atoms with Crippen LogP contribution >= 0.6 is 31.9 Å². The number of hydrogen-bond acceptors (Lipinski definition) is 4. The van der Waals surface area contributed by atoms with E-state index in [4.69, 9.17) is 16.5 Å². The maximum absolute atomic E-state index is 6.62. The number of nitrogens with zero attached hydrogens (tertiary/aromatic N) is 3. The molecular weight excluding hydrogens is 482 g/mol. The van der Waals surface area contributed by atoms with E-state index in [9.17, 15) is 0 Å². The zero-order valence-electron chi connectivity index (χ0n) is 15.0. The minimum absolute atomic E-state index is 0.258. The van der Waals surface area contributed by atoms with Crippen LogP contribution in [0.4, 0.5) is 5.69 Å². The van der Waals surface area contributed by atoms with E-state index in [-0.39, 0.29) is 6.04 Å². The number of fused-ring (bicyclic) bond motifs is 1. The van der Waals surface area contributed by atoms with Crippen LogP contribution in [0, 0.1) is 0 Å². The van der Waals surface area contributed by atoms with Crippen molar-refractivity contribution in [2.75, 3.05) is 5.73 Å². The standard InChI is InChI=1S/C21H19Br2N5/c22-15-8-14(9-16(23)20(15)25)10-17(24)21-27-18-5-1-2-6-19(18)28(21)12-13-4-3-7-26-11-13/h1-9,11,17H,10,12,24-25H2/t17-/m1/s1. The lowest BCUT2D eigenvalue weighted by Crippen LogP contribution is -2.19. The van der Waals surface area contributed by atoms with Crippen molar-refractivity contribution in [3.05, 3.63) is 86.8 Å². The number of anilines is 1. The molecule has 0 saturated heterocycles. The summed E-state index contributed by atoms with van der Waals surface area (Å²) in [6, 6.07) is 15.9. The average molecular weight is 501 g/mol. The van der Waals surface area contributed by atoms with Gasteiger partial charge in [-0.15, -0.1) is 0 Å². The van der Waals surface area contributed by atoms with Gasteiger partial charge < -0.3 is 16.0 Å². The van der Waals surface area contributed by atoms with Crippen molar-refractivity contribution in [1.29, 1.82) is 0 Å². The van der Waals surface area contributed by atoms with E-state index in [2.05, 4.69) is 53.5 Å². The maximum Gasteiger partial charge on any atom is 0.127 e. The number of pyridine rings is 1. The molecule has 7 heteroatoms. The van der Waals surface area contributed by atoms with Gasteiger partial charge in [0, 0.05) is 21.3 Å². The summed E-state index contributed by atoms with van der Waals surface area (Å²) in [6.07, 6.45) is 4.30. The third-order valence-electron chi connectivity index (χ3n) is 4.67. The number of aromatic nitrogens is 3. The lowest BCUT2D eigenvalue weighted by Gasteiger charge is -2.16. The quantitative estimate of drug-likeness (QED) is 0.384. The van der Waals surface area contributed by atoms with Gasteiger partial charge in [0.25, 0.3) is 0 Å². The van der Waals surface area contributed by atoms with E-state index in [1.54, 1.807) is 6.20 Å². The summed E-state index contributed by atoms with van der Waals surface area (Å²) in [5, 5.41) is 0. The van der Waals surface area contributed by atoms with E-state index >= 15 is 0 Å². The first-order chi connectivity index (χ1) is 13.5. The second kappa shape index (κ2) is 8.03. The fourth-order valence-electron chi connectivity index (χ4n) is 3.32.